The second kappa shape index (κ2) is 17.6. The highest BCUT2D eigenvalue weighted by Gasteiger charge is 2.39. The molecule has 0 heterocycles. The van der Waals surface area contributed by atoms with Crippen LogP contribution in [0.5, 0.6) is 0 Å². The SMILES string of the molecule is C=CC(=O)OCC(CO)(COCC(COC(=O)C=C)(COC(=O)C=C)COC(=O)CC)COC(=O)C=C. The summed E-state index contributed by atoms with van der Waals surface area (Å²) in [5.74, 6) is -3.74. The summed E-state index contributed by atoms with van der Waals surface area (Å²) in [7, 11) is 0. The molecule has 0 aromatic carbocycles. The molecule has 0 radical (unpaired) electrons. The Kier molecular flexibility index (Phi) is 15.8. The molecule has 12 heteroatoms. The number of carbonyl (C=O) groups excluding carboxylic acids is 5. The maximum Gasteiger partial charge on any atom is 0.330 e. The minimum Gasteiger partial charge on any atom is -0.465 e. The lowest BCUT2D eigenvalue weighted by Gasteiger charge is -2.34. The first-order chi connectivity index (χ1) is 17.5. The maximum atomic E-state index is 11.8. The summed E-state index contributed by atoms with van der Waals surface area (Å²) in [5, 5.41) is 10.1. The smallest absolute Gasteiger partial charge is 0.330 e. The molecule has 0 amide bonds. The van der Waals surface area contributed by atoms with Crippen molar-refractivity contribution in [1.29, 1.82) is 0 Å². The Balaban J connectivity index is 5.91. The van der Waals surface area contributed by atoms with Crippen molar-refractivity contribution in [2.24, 2.45) is 10.8 Å². The molecule has 0 bridgehead atoms. The van der Waals surface area contributed by atoms with Gasteiger partial charge in [-0.25, -0.2) is 19.2 Å². The molecule has 1 N–H and O–H groups in total. The van der Waals surface area contributed by atoms with Gasteiger partial charge in [0.25, 0.3) is 0 Å². The van der Waals surface area contributed by atoms with Crippen LogP contribution in [0.3, 0.4) is 0 Å². The third-order valence-corrected chi connectivity index (χ3v) is 4.73. The fourth-order valence-electron chi connectivity index (χ4n) is 2.46. The summed E-state index contributed by atoms with van der Waals surface area (Å²) in [6.45, 7) is 11.4. The van der Waals surface area contributed by atoms with Crippen LogP contribution in [0.1, 0.15) is 13.3 Å². The number of ether oxygens (including phenoxy) is 6. The van der Waals surface area contributed by atoms with E-state index in [9.17, 15) is 29.1 Å². The molecule has 0 saturated heterocycles. The predicted molar refractivity (Wildman–Crippen MR) is 129 cm³/mol. The van der Waals surface area contributed by atoms with Crippen LogP contribution in [0.2, 0.25) is 0 Å². The van der Waals surface area contributed by atoms with Crippen molar-refractivity contribution in [2.75, 3.05) is 52.9 Å². The van der Waals surface area contributed by atoms with Crippen LogP contribution < -0.4 is 0 Å². The number of hydrogen-bond acceptors (Lipinski definition) is 12. The van der Waals surface area contributed by atoms with Gasteiger partial charge in [-0.15, -0.1) is 0 Å². The van der Waals surface area contributed by atoms with Gasteiger partial charge in [0.15, 0.2) is 0 Å². The third kappa shape index (κ3) is 13.2. The zero-order valence-electron chi connectivity index (χ0n) is 20.9. The van der Waals surface area contributed by atoms with Crippen molar-refractivity contribution < 1.29 is 57.5 Å². The number of hydrogen-bond donors (Lipinski definition) is 1. The summed E-state index contributed by atoms with van der Waals surface area (Å²) in [6.07, 6.45) is 3.70. The van der Waals surface area contributed by atoms with Crippen molar-refractivity contribution in [3.8, 4) is 0 Å². The van der Waals surface area contributed by atoms with Crippen molar-refractivity contribution in [2.45, 2.75) is 13.3 Å². The van der Waals surface area contributed by atoms with Crippen molar-refractivity contribution >= 4 is 29.8 Å². The highest BCUT2D eigenvalue weighted by atomic mass is 16.6. The Bertz CT molecular complexity index is 797. The number of esters is 5. The van der Waals surface area contributed by atoms with Gasteiger partial charge in [-0.1, -0.05) is 33.2 Å². The van der Waals surface area contributed by atoms with E-state index >= 15 is 0 Å². The molecule has 0 rings (SSSR count). The molecule has 0 aliphatic rings. The number of rotatable bonds is 20. The van der Waals surface area contributed by atoms with E-state index in [2.05, 4.69) is 26.3 Å². The molecule has 0 saturated carbocycles. The van der Waals surface area contributed by atoms with Crippen LogP contribution >= 0.6 is 0 Å². The maximum absolute atomic E-state index is 11.8. The normalized spacial score (nSPS) is 10.9. The lowest BCUT2D eigenvalue weighted by molar-refractivity contribution is -0.168. The topological polar surface area (TPSA) is 161 Å². The Morgan fingerprint density at radius 2 is 0.919 bits per heavy atom. The second-order valence-corrected chi connectivity index (χ2v) is 7.91. The van der Waals surface area contributed by atoms with Gasteiger partial charge in [-0.3, -0.25) is 4.79 Å². The van der Waals surface area contributed by atoms with Gasteiger partial charge in [0.05, 0.1) is 30.7 Å². The highest BCUT2D eigenvalue weighted by molar-refractivity contribution is 5.82. The fourth-order valence-corrected chi connectivity index (χ4v) is 2.46. The highest BCUT2D eigenvalue weighted by Crippen LogP contribution is 2.25. The molecule has 12 nitrogen and oxygen atoms in total. The number of aliphatic hydroxyl groups is 1. The Morgan fingerprint density at radius 1 is 0.595 bits per heavy atom. The van der Waals surface area contributed by atoms with Gasteiger partial charge in [0, 0.05) is 30.7 Å². The Morgan fingerprint density at radius 3 is 1.24 bits per heavy atom. The molecule has 0 aromatic heterocycles. The molecular weight excluding hydrogens is 492 g/mol. The first-order valence-electron chi connectivity index (χ1n) is 11.1. The molecule has 0 atom stereocenters. The zero-order valence-corrected chi connectivity index (χ0v) is 20.9. The van der Waals surface area contributed by atoms with E-state index in [1.54, 1.807) is 6.92 Å². The summed E-state index contributed by atoms with van der Waals surface area (Å²) >= 11 is 0. The Hall–Kier alpha value is -3.77. The largest absolute Gasteiger partial charge is 0.465 e. The minimum absolute atomic E-state index is 0.0484. The Labute approximate surface area is 215 Å². The van der Waals surface area contributed by atoms with E-state index in [1.165, 1.54) is 0 Å². The molecule has 37 heavy (non-hydrogen) atoms. The molecule has 0 aromatic rings. The average molecular weight is 527 g/mol. The van der Waals surface area contributed by atoms with Gasteiger partial charge in [-0.05, 0) is 0 Å². The van der Waals surface area contributed by atoms with E-state index in [4.69, 9.17) is 28.4 Å². The standard InChI is InChI=1S/C25H34O12/c1-6-19(27)33-14-24(11-26,15-34-20(28)7-2)12-32-13-25(16-35-21(29)8-3,17-36-22(30)9-4)18-37-23(31)10-5/h6-9,26H,1-4,10-18H2,5H3. The van der Waals surface area contributed by atoms with E-state index < -0.39 is 73.7 Å². The quantitative estimate of drug-likeness (QED) is 0.135. The van der Waals surface area contributed by atoms with E-state index in [0.29, 0.717) is 0 Å². The summed E-state index contributed by atoms with van der Waals surface area (Å²) in [5.41, 5.74) is -2.81. The number of aliphatic hydroxyl groups excluding tert-OH is 1. The van der Waals surface area contributed by atoms with Crippen LogP contribution in [0.15, 0.2) is 50.6 Å². The molecule has 0 unspecified atom stereocenters. The molecule has 0 aliphatic carbocycles. The van der Waals surface area contributed by atoms with Gasteiger partial charge < -0.3 is 33.5 Å². The summed E-state index contributed by atoms with van der Waals surface area (Å²) in [4.78, 5) is 58.4. The molecule has 206 valence electrons. The molecule has 0 aliphatic heterocycles. The van der Waals surface area contributed by atoms with Crippen LogP contribution in [0.4, 0.5) is 0 Å². The monoisotopic (exact) mass is 526 g/mol. The van der Waals surface area contributed by atoms with Crippen LogP contribution in [-0.4, -0.2) is 87.8 Å². The van der Waals surface area contributed by atoms with E-state index in [-0.39, 0.29) is 26.2 Å². The second-order valence-electron chi connectivity index (χ2n) is 7.91. The zero-order chi connectivity index (χ0) is 28.3. The predicted octanol–water partition coefficient (Wildman–Crippen LogP) is 0.838. The third-order valence-electron chi connectivity index (χ3n) is 4.73. The van der Waals surface area contributed by atoms with Gasteiger partial charge >= 0.3 is 29.8 Å². The fraction of sp³-hybridized carbons (Fsp3) is 0.480. The summed E-state index contributed by atoms with van der Waals surface area (Å²) < 4.78 is 31.3. The van der Waals surface area contributed by atoms with Crippen molar-refractivity contribution in [3.63, 3.8) is 0 Å². The molecule has 0 fully saturated rings. The van der Waals surface area contributed by atoms with Crippen molar-refractivity contribution in [1.82, 2.24) is 0 Å². The minimum atomic E-state index is -1.42. The van der Waals surface area contributed by atoms with E-state index in [1.807, 2.05) is 0 Å². The molecular formula is C25H34O12. The first-order valence-corrected chi connectivity index (χ1v) is 11.1. The van der Waals surface area contributed by atoms with Gasteiger partial charge in [-0.2, -0.15) is 0 Å². The lowest BCUT2D eigenvalue weighted by atomic mass is 9.90. The van der Waals surface area contributed by atoms with E-state index in [0.717, 1.165) is 24.3 Å². The van der Waals surface area contributed by atoms with Crippen LogP contribution in [0, 0.1) is 10.8 Å². The van der Waals surface area contributed by atoms with Gasteiger partial charge in [0.1, 0.15) is 33.0 Å². The summed E-state index contributed by atoms with van der Waals surface area (Å²) in [6, 6.07) is 0. The number of carbonyl (C=O) groups is 5. The first kappa shape index (κ1) is 33.2. The van der Waals surface area contributed by atoms with Gasteiger partial charge in [0.2, 0.25) is 0 Å². The average Bonchev–Trinajstić information content (AvgIpc) is 2.93. The van der Waals surface area contributed by atoms with Crippen LogP contribution in [0.25, 0.3) is 0 Å². The molecule has 0 spiro atoms. The van der Waals surface area contributed by atoms with Crippen molar-refractivity contribution in [3.05, 3.63) is 50.6 Å². The van der Waals surface area contributed by atoms with Crippen LogP contribution in [-0.2, 0) is 52.4 Å². The lowest BCUT2D eigenvalue weighted by Crippen LogP contribution is -2.46.